The van der Waals surface area contributed by atoms with E-state index in [0.29, 0.717) is 23.6 Å². The Bertz CT molecular complexity index is 1110. The molecule has 4 rings (SSSR count). The third kappa shape index (κ3) is 5.50. The Kier molecular flexibility index (Phi) is 6.89. The summed E-state index contributed by atoms with van der Waals surface area (Å²) in [5.41, 5.74) is 2.75. The van der Waals surface area contributed by atoms with Gasteiger partial charge in [-0.1, -0.05) is 12.1 Å². The van der Waals surface area contributed by atoms with Gasteiger partial charge in [-0.2, -0.15) is 0 Å². The minimum atomic E-state index is -0.414. The number of amides is 1. The lowest BCUT2D eigenvalue weighted by Gasteiger charge is -2.28. The third-order valence-electron chi connectivity index (χ3n) is 5.43. The molecule has 172 valence electrons. The number of aromatic nitrogens is 2. The van der Waals surface area contributed by atoms with Gasteiger partial charge in [0.05, 0.1) is 20.3 Å². The van der Waals surface area contributed by atoms with Crippen LogP contribution in [-0.4, -0.2) is 59.5 Å². The highest BCUT2D eigenvalue weighted by Gasteiger charge is 2.14. The smallest absolute Gasteiger partial charge is 0.270 e. The zero-order valence-electron chi connectivity index (χ0n) is 18.3. The number of aromatic hydroxyl groups is 2. The van der Waals surface area contributed by atoms with E-state index in [9.17, 15) is 15.0 Å². The normalized spacial score (nSPS) is 13.5. The number of benzene rings is 2. The van der Waals surface area contributed by atoms with Gasteiger partial charge < -0.3 is 29.9 Å². The van der Waals surface area contributed by atoms with Gasteiger partial charge in [0.25, 0.3) is 5.91 Å². The fourth-order valence-corrected chi connectivity index (χ4v) is 3.61. The predicted molar refractivity (Wildman–Crippen MR) is 122 cm³/mol. The van der Waals surface area contributed by atoms with Crippen LogP contribution in [0.25, 0.3) is 0 Å². The van der Waals surface area contributed by atoms with Crippen molar-refractivity contribution < 1.29 is 24.5 Å². The van der Waals surface area contributed by atoms with Crippen LogP contribution in [0.1, 0.15) is 27.4 Å². The highest BCUT2D eigenvalue weighted by molar-refractivity contribution is 5.92. The summed E-state index contributed by atoms with van der Waals surface area (Å²) in [7, 11) is 1.45. The van der Waals surface area contributed by atoms with Crippen molar-refractivity contribution in [1.82, 2.24) is 15.3 Å². The van der Waals surface area contributed by atoms with E-state index in [1.807, 2.05) is 12.1 Å². The molecule has 3 N–H and O–H groups in total. The van der Waals surface area contributed by atoms with Gasteiger partial charge in [-0.3, -0.25) is 4.79 Å². The molecule has 1 aliphatic rings. The van der Waals surface area contributed by atoms with Crippen LogP contribution in [0.4, 0.5) is 5.69 Å². The number of nitrogens with zero attached hydrogens (tertiary/aromatic N) is 3. The van der Waals surface area contributed by atoms with Crippen molar-refractivity contribution in [2.75, 3.05) is 38.3 Å². The molecule has 1 saturated heterocycles. The number of methoxy groups -OCH3 is 1. The molecule has 0 bridgehead atoms. The van der Waals surface area contributed by atoms with Crippen LogP contribution in [0.15, 0.2) is 48.7 Å². The van der Waals surface area contributed by atoms with Crippen molar-refractivity contribution in [1.29, 1.82) is 0 Å². The largest absolute Gasteiger partial charge is 0.504 e. The highest BCUT2D eigenvalue weighted by atomic mass is 16.5. The highest BCUT2D eigenvalue weighted by Crippen LogP contribution is 2.33. The van der Waals surface area contributed by atoms with Gasteiger partial charge >= 0.3 is 0 Å². The second-order valence-electron chi connectivity index (χ2n) is 7.64. The summed E-state index contributed by atoms with van der Waals surface area (Å²) in [6.07, 6.45) is 2.04. The second kappa shape index (κ2) is 10.2. The molecule has 0 atom stereocenters. The molecule has 0 radical (unpaired) electrons. The van der Waals surface area contributed by atoms with Gasteiger partial charge in [-0.05, 0) is 29.8 Å². The number of hydrogen-bond donors (Lipinski definition) is 3. The topological polar surface area (TPSA) is 117 Å². The van der Waals surface area contributed by atoms with Gasteiger partial charge in [-0.15, -0.1) is 0 Å². The van der Waals surface area contributed by atoms with Crippen LogP contribution in [0.5, 0.6) is 17.2 Å². The number of rotatable bonds is 7. The number of carbonyl (C=O) groups is 1. The van der Waals surface area contributed by atoms with E-state index in [-0.39, 0.29) is 23.7 Å². The summed E-state index contributed by atoms with van der Waals surface area (Å²) < 4.78 is 10.5. The Morgan fingerprint density at radius 2 is 1.91 bits per heavy atom. The van der Waals surface area contributed by atoms with E-state index in [1.54, 1.807) is 12.3 Å². The molecule has 0 aliphatic carbocycles. The number of carbonyl (C=O) groups excluding carboxylic acids is 1. The predicted octanol–water partition coefficient (Wildman–Crippen LogP) is 2.25. The van der Waals surface area contributed by atoms with Crippen molar-refractivity contribution >= 4 is 11.6 Å². The molecular weight excluding hydrogens is 424 g/mol. The van der Waals surface area contributed by atoms with Crippen LogP contribution < -0.4 is 15.0 Å². The Hall–Kier alpha value is -3.85. The maximum Gasteiger partial charge on any atom is 0.270 e. The SMILES string of the molecule is COc1cc(O)c(O)c(CNC(=O)c2ccnc(Cc3ccc(N4CCOCC4)cc3)n2)c1. The standard InChI is InChI=1S/C24H26N4O5/c1-32-19-13-17(23(30)21(29)14-19)15-26-24(31)20-6-7-25-22(27-20)12-16-2-4-18(5-3-16)28-8-10-33-11-9-28/h2-7,13-14,29-30H,8-12,15H2,1H3,(H,26,31). The average Bonchev–Trinajstić information content (AvgIpc) is 2.85. The lowest BCUT2D eigenvalue weighted by atomic mass is 10.1. The first-order chi connectivity index (χ1) is 16.0. The van der Waals surface area contributed by atoms with Gasteiger partial charge in [0, 0.05) is 49.6 Å². The summed E-state index contributed by atoms with van der Waals surface area (Å²) in [6, 6.07) is 12.6. The summed E-state index contributed by atoms with van der Waals surface area (Å²) in [5, 5.41) is 22.5. The van der Waals surface area contributed by atoms with E-state index in [1.165, 1.54) is 19.2 Å². The molecule has 1 aromatic heterocycles. The van der Waals surface area contributed by atoms with Gasteiger partial charge in [-0.25, -0.2) is 9.97 Å². The lowest BCUT2D eigenvalue weighted by molar-refractivity contribution is 0.0945. The van der Waals surface area contributed by atoms with Crippen LogP contribution >= 0.6 is 0 Å². The first kappa shape index (κ1) is 22.3. The van der Waals surface area contributed by atoms with E-state index in [4.69, 9.17) is 9.47 Å². The molecule has 1 amide bonds. The zero-order chi connectivity index (χ0) is 23.2. The van der Waals surface area contributed by atoms with Gasteiger partial charge in [0.15, 0.2) is 11.5 Å². The number of hydrogen-bond acceptors (Lipinski definition) is 8. The molecule has 9 nitrogen and oxygen atoms in total. The fraction of sp³-hybridized carbons (Fsp3) is 0.292. The first-order valence-corrected chi connectivity index (χ1v) is 10.6. The van der Waals surface area contributed by atoms with Crippen LogP contribution in [0.2, 0.25) is 0 Å². The fourth-order valence-electron chi connectivity index (χ4n) is 3.61. The van der Waals surface area contributed by atoms with Crippen LogP contribution in [-0.2, 0) is 17.7 Å². The molecule has 1 fully saturated rings. The minimum absolute atomic E-state index is 0.00222. The molecule has 0 unspecified atom stereocenters. The number of nitrogens with one attached hydrogen (secondary N) is 1. The molecule has 3 aromatic rings. The van der Waals surface area contributed by atoms with Crippen LogP contribution in [0, 0.1) is 0 Å². The van der Waals surface area contributed by atoms with E-state index in [2.05, 4.69) is 32.3 Å². The minimum Gasteiger partial charge on any atom is -0.504 e. The van der Waals surface area contributed by atoms with Crippen molar-refractivity contribution in [2.45, 2.75) is 13.0 Å². The van der Waals surface area contributed by atoms with Crippen molar-refractivity contribution in [3.63, 3.8) is 0 Å². The summed E-state index contributed by atoms with van der Waals surface area (Å²) >= 11 is 0. The van der Waals surface area contributed by atoms with Crippen LogP contribution in [0.3, 0.4) is 0 Å². The van der Waals surface area contributed by atoms with Crippen molar-refractivity contribution in [3.05, 3.63) is 71.3 Å². The molecule has 0 spiro atoms. The maximum atomic E-state index is 12.6. The third-order valence-corrected chi connectivity index (χ3v) is 5.43. The number of phenols is 2. The molecule has 2 aromatic carbocycles. The molecular formula is C24H26N4O5. The molecule has 1 aliphatic heterocycles. The van der Waals surface area contributed by atoms with Gasteiger partial charge in [0.2, 0.25) is 0 Å². The quantitative estimate of drug-likeness (QED) is 0.470. The Morgan fingerprint density at radius 3 is 2.64 bits per heavy atom. The molecule has 2 heterocycles. The number of anilines is 1. The van der Waals surface area contributed by atoms with E-state index >= 15 is 0 Å². The first-order valence-electron chi connectivity index (χ1n) is 10.6. The zero-order valence-corrected chi connectivity index (χ0v) is 18.3. The number of phenolic OH excluding ortho intramolecular Hbond substituents is 2. The average molecular weight is 450 g/mol. The molecule has 0 saturated carbocycles. The van der Waals surface area contributed by atoms with E-state index in [0.717, 1.165) is 37.6 Å². The Morgan fingerprint density at radius 1 is 1.15 bits per heavy atom. The monoisotopic (exact) mass is 450 g/mol. The van der Waals surface area contributed by atoms with Gasteiger partial charge in [0.1, 0.15) is 17.3 Å². The summed E-state index contributed by atoms with van der Waals surface area (Å²) in [5.74, 6) is -0.132. The number of morpholine rings is 1. The lowest BCUT2D eigenvalue weighted by Crippen LogP contribution is -2.36. The number of ether oxygens (including phenoxy) is 2. The Labute approximate surface area is 191 Å². The van der Waals surface area contributed by atoms with Crippen molar-refractivity contribution in [2.24, 2.45) is 0 Å². The maximum absolute atomic E-state index is 12.6. The summed E-state index contributed by atoms with van der Waals surface area (Å²) in [6.45, 7) is 3.24. The molecule has 9 heteroatoms. The van der Waals surface area contributed by atoms with E-state index < -0.39 is 5.91 Å². The second-order valence-corrected chi connectivity index (χ2v) is 7.64. The van der Waals surface area contributed by atoms with Crippen molar-refractivity contribution in [3.8, 4) is 17.2 Å². The molecule has 33 heavy (non-hydrogen) atoms. The Balaban J connectivity index is 1.39. The summed E-state index contributed by atoms with van der Waals surface area (Å²) in [4.78, 5) is 23.6.